The first-order valence-electron chi connectivity index (χ1n) is 17.5. The largest absolute Gasteiger partial charge is 0.363 e. The van der Waals surface area contributed by atoms with Gasteiger partial charge in [0.25, 0.3) is 11.4 Å². The van der Waals surface area contributed by atoms with Crippen LogP contribution in [0, 0.1) is 42.9 Å². The summed E-state index contributed by atoms with van der Waals surface area (Å²) in [6.45, 7) is 0. The van der Waals surface area contributed by atoms with Crippen LogP contribution in [0.1, 0.15) is 11.4 Å². The van der Waals surface area contributed by atoms with Gasteiger partial charge in [-0.3, -0.25) is 30.0 Å². The molecule has 0 spiro atoms. The Morgan fingerprint density at radius 2 is 0.893 bits per heavy atom. The van der Waals surface area contributed by atoms with Crippen molar-refractivity contribution in [2.24, 2.45) is 14.1 Å². The Morgan fingerprint density at radius 3 is 1.20 bits per heavy atom. The number of nitrogens with zero attached hydrogens (tertiary/aromatic N) is 10. The maximum Gasteiger partial charge on any atom is 0.269 e. The minimum Gasteiger partial charge on any atom is -0.363 e. The van der Waals surface area contributed by atoms with Crippen LogP contribution >= 0.6 is 0 Å². The van der Waals surface area contributed by atoms with Crippen LogP contribution in [0.4, 0.5) is 34.1 Å². The number of aryl methyl sites for hydroxylation is 2. The summed E-state index contributed by atoms with van der Waals surface area (Å²) in [5.41, 5.74) is 7.30. The summed E-state index contributed by atoms with van der Waals surface area (Å²) in [6.07, 6.45) is 0. The molecule has 0 atom stereocenters. The monoisotopic (exact) mass is 742 g/mol. The van der Waals surface area contributed by atoms with Crippen LogP contribution in [-0.4, -0.2) is 57.0 Å². The van der Waals surface area contributed by atoms with E-state index in [2.05, 4.69) is 12.1 Å². The van der Waals surface area contributed by atoms with Crippen LogP contribution in [0.3, 0.4) is 0 Å². The fourth-order valence-electron chi connectivity index (χ4n) is 8.16. The molecule has 4 heterocycles. The first-order valence-corrected chi connectivity index (χ1v) is 17.5. The molecule has 0 bridgehead atoms. The predicted octanol–water partition coefficient (Wildman–Crippen LogP) is 8.29. The Bertz CT molecular complexity index is 2670. The van der Waals surface area contributed by atoms with Gasteiger partial charge < -0.3 is 18.9 Å². The number of benzene rings is 4. The van der Waals surface area contributed by atoms with E-state index in [1.807, 2.05) is 120 Å². The van der Waals surface area contributed by atoms with Crippen LogP contribution in [0.5, 0.6) is 0 Å². The topological polar surface area (TPSA) is 157 Å². The van der Waals surface area contributed by atoms with E-state index in [4.69, 9.17) is 0 Å². The van der Waals surface area contributed by atoms with Crippen molar-refractivity contribution in [3.8, 4) is 12.1 Å². The van der Waals surface area contributed by atoms with Crippen molar-refractivity contribution in [1.29, 1.82) is 10.5 Å². The van der Waals surface area contributed by atoms with Gasteiger partial charge in [-0.05, 0) is 36.4 Å². The number of anilines is 4. The van der Waals surface area contributed by atoms with Gasteiger partial charge in [0.05, 0.1) is 43.6 Å². The summed E-state index contributed by atoms with van der Waals surface area (Å²) in [5.74, 6) is 1.02. The van der Waals surface area contributed by atoms with E-state index >= 15 is 0 Å². The number of allylic oxidation sites excluding steroid dienone is 4. The van der Waals surface area contributed by atoms with Crippen molar-refractivity contribution in [1.82, 2.24) is 18.9 Å². The minimum atomic E-state index is -0.447. The lowest BCUT2D eigenvalue weighted by Gasteiger charge is -2.40. The first-order chi connectivity index (χ1) is 26.9. The summed E-state index contributed by atoms with van der Waals surface area (Å²) < 4.78 is 4.06. The Labute approximate surface area is 321 Å². The lowest BCUT2D eigenvalue weighted by Crippen LogP contribution is -2.35. The third kappa shape index (κ3) is 4.93. The molecule has 0 fully saturated rings. The SMILES string of the molecule is CN(C)C1=C(C#N)/C(=C2/C(C#N)=C(N(C)C)N(c3ccc([N+](=O)[O-])cc3)c3c2n(C)c2ccccc32)c2c(c3ccccc3n2C)N1c1ccc([N+](=O)[O-])cc1. The van der Waals surface area contributed by atoms with E-state index in [0.717, 1.165) is 33.2 Å². The zero-order chi connectivity index (χ0) is 39.7. The van der Waals surface area contributed by atoms with Gasteiger partial charge in [-0.2, -0.15) is 10.5 Å². The van der Waals surface area contributed by atoms with E-state index in [1.165, 1.54) is 24.3 Å². The number of para-hydroxylation sites is 2. The second-order valence-corrected chi connectivity index (χ2v) is 13.9. The second kappa shape index (κ2) is 12.9. The molecule has 0 saturated heterocycles. The Hall–Kier alpha value is -7.84. The summed E-state index contributed by atoms with van der Waals surface area (Å²) >= 11 is 0. The molecule has 8 rings (SSSR count). The number of hydrogen-bond acceptors (Lipinski definition) is 10. The molecule has 0 N–H and O–H groups in total. The van der Waals surface area contributed by atoms with E-state index in [1.54, 1.807) is 24.3 Å². The molecule has 0 radical (unpaired) electrons. The van der Waals surface area contributed by atoms with E-state index in [0.29, 0.717) is 45.6 Å². The van der Waals surface area contributed by atoms with Crippen molar-refractivity contribution in [2.75, 3.05) is 38.0 Å². The molecule has 276 valence electrons. The molecular formula is C42H34N10O4. The zero-order valence-corrected chi connectivity index (χ0v) is 31.3. The van der Waals surface area contributed by atoms with Crippen LogP contribution in [0.15, 0.2) is 120 Å². The van der Waals surface area contributed by atoms with E-state index in [9.17, 15) is 30.8 Å². The summed E-state index contributed by atoms with van der Waals surface area (Å²) in [4.78, 5) is 30.1. The van der Waals surface area contributed by atoms with Crippen molar-refractivity contribution in [3.63, 3.8) is 0 Å². The van der Waals surface area contributed by atoms with E-state index < -0.39 is 9.85 Å². The highest BCUT2D eigenvalue weighted by Crippen LogP contribution is 2.57. The van der Waals surface area contributed by atoms with Crippen LogP contribution in [0.25, 0.3) is 33.0 Å². The molecule has 6 aromatic rings. The van der Waals surface area contributed by atoms with Gasteiger partial charge >= 0.3 is 0 Å². The summed E-state index contributed by atoms with van der Waals surface area (Å²) in [7, 11) is 11.2. The molecule has 0 aliphatic carbocycles. The Balaban J connectivity index is 1.60. The van der Waals surface area contributed by atoms with Gasteiger partial charge in [-0.15, -0.1) is 0 Å². The number of hydrogen-bond donors (Lipinski definition) is 0. The van der Waals surface area contributed by atoms with Gasteiger partial charge in [0, 0.05) is 99.8 Å². The van der Waals surface area contributed by atoms with Crippen molar-refractivity contribution in [3.05, 3.63) is 151 Å². The number of nitro benzene ring substituents is 2. The molecule has 56 heavy (non-hydrogen) atoms. The van der Waals surface area contributed by atoms with Gasteiger partial charge in [0.1, 0.15) is 34.9 Å². The Kier molecular flexibility index (Phi) is 8.13. The van der Waals surface area contributed by atoms with Gasteiger partial charge in [0.2, 0.25) is 0 Å². The van der Waals surface area contributed by atoms with Crippen molar-refractivity contribution in [2.45, 2.75) is 0 Å². The first kappa shape index (κ1) is 35.2. The van der Waals surface area contributed by atoms with Gasteiger partial charge in [-0.1, -0.05) is 36.4 Å². The van der Waals surface area contributed by atoms with Gasteiger partial charge in [-0.25, -0.2) is 0 Å². The van der Waals surface area contributed by atoms with Crippen molar-refractivity contribution < 1.29 is 9.85 Å². The summed E-state index contributed by atoms with van der Waals surface area (Å²) in [5, 5.41) is 47.9. The number of nitro groups is 2. The number of non-ortho nitro benzene ring substituents is 2. The molecule has 14 heteroatoms. The number of aromatic nitrogens is 2. The van der Waals surface area contributed by atoms with Crippen LogP contribution in [-0.2, 0) is 14.1 Å². The molecule has 4 aromatic carbocycles. The lowest BCUT2D eigenvalue weighted by atomic mass is 9.84. The van der Waals surface area contributed by atoms with Crippen LogP contribution in [0.2, 0.25) is 0 Å². The molecule has 2 aliphatic heterocycles. The molecule has 0 unspecified atom stereocenters. The molecule has 14 nitrogen and oxygen atoms in total. The standard InChI is InChI=1S/C42H34N10O4/c1-45(2)41-31(23-43)35(39-37(29-11-7-9-13-33(29)47(39)5)49(41)25-15-19-27(20-16-25)51(53)54)36-32(24-44)42(46(3)4)50(26-17-21-28(22-18-26)52(55)56)38-30-12-8-10-14-34(30)48(6)40(36)38/h7-22H,1-6H3/b36-35+. The van der Waals surface area contributed by atoms with Gasteiger partial charge in [0.15, 0.2) is 0 Å². The molecule has 2 aromatic heterocycles. The number of nitriles is 2. The van der Waals surface area contributed by atoms with Crippen molar-refractivity contribution >= 4 is 67.1 Å². The second-order valence-electron chi connectivity index (χ2n) is 13.9. The quantitative estimate of drug-likeness (QED) is 0.120. The third-order valence-electron chi connectivity index (χ3n) is 10.4. The molecular weight excluding hydrogens is 709 g/mol. The molecule has 2 aliphatic rings. The maximum absolute atomic E-state index is 11.7. The fraction of sp³-hybridized carbons (Fsp3) is 0.143. The average Bonchev–Trinajstić information content (AvgIpc) is 3.66. The average molecular weight is 743 g/mol. The highest BCUT2D eigenvalue weighted by atomic mass is 16.6. The summed E-state index contributed by atoms with van der Waals surface area (Å²) in [6, 6.07) is 33.4. The number of fused-ring (bicyclic) bond motifs is 6. The van der Waals surface area contributed by atoms with E-state index in [-0.39, 0.29) is 22.5 Å². The highest BCUT2D eigenvalue weighted by molar-refractivity contribution is 6.20. The minimum absolute atomic E-state index is 0.0642. The van der Waals surface area contributed by atoms with Crippen LogP contribution < -0.4 is 9.80 Å². The number of rotatable bonds is 6. The molecule has 0 saturated carbocycles. The predicted molar refractivity (Wildman–Crippen MR) is 216 cm³/mol. The zero-order valence-electron chi connectivity index (χ0n) is 31.3. The fourth-order valence-corrected chi connectivity index (χ4v) is 8.16. The Morgan fingerprint density at radius 1 is 0.554 bits per heavy atom. The maximum atomic E-state index is 11.7. The lowest BCUT2D eigenvalue weighted by molar-refractivity contribution is -0.385. The highest BCUT2D eigenvalue weighted by Gasteiger charge is 2.43. The molecule has 0 amide bonds. The smallest absolute Gasteiger partial charge is 0.269 e. The normalized spacial score (nSPS) is 15.1. The third-order valence-corrected chi connectivity index (χ3v) is 10.4.